The predicted octanol–water partition coefficient (Wildman–Crippen LogP) is 1.86. The molecular formula is C17H17N5O. The molecule has 3 rings (SSSR count). The Morgan fingerprint density at radius 3 is 3.13 bits per heavy atom. The van der Waals surface area contributed by atoms with Crippen LogP contribution in [0.2, 0.25) is 0 Å². The highest BCUT2D eigenvalue weighted by Gasteiger charge is 2.28. The minimum atomic E-state index is -0.159. The van der Waals surface area contributed by atoms with E-state index in [-0.39, 0.29) is 5.91 Å². The van der Waals surface area contributed by atoms with Crippen LogP contribution in [0, 0.1) is 11.3 Å². The summed E-state index contributed by atoms with van der Waals surface area (Å²) in [6.45, 7) is 1.20. The van der Waals surface area contributed by atoms with Gasteiger partial charge in [0.1, 0.15) is 12.2 Å². The highest BCUT2D eigenvalue weighted by atomic mass is 16.1. The van der Waals surface area contributed by atoms with Gasteiger partial charge in [-0.05, 0) is 36.6 Å². The third kappa shape index (κ3) is 4.04. The minimum absolute atomic E-state index is 0.159. The zero-order valence-electron chi connectivity index (χ0n) is 12.6. The van der Waals surface area contributed by atoms with Gasteiger partial charge in [-0.1, -0.05) is 12.1 Å². The number of nitrogens with one attached hydrogen (secondary N) is 1. The van der Waals surface area contributed by atoms with Crippen molar-refractivity contribution in [1.82, 2.24) is 20.1 Å². The Kier molecular flexibility index (Phi) is 4.48. The molecule has 1 fully saturated rings. The highest BCUT2D eigenvalue weighted by Crippen LogP contribution is 2.38. The molecule has 1 N–H and O–H groups in total. The van der Waals surface area contributed by atoms with Crippen LogP contribution in [-0.4, -0.2) is 27.2 Å². The van der Waals surface area contributed by atoms with Crippen LogP contribution in [-0.2, 0) is 11.3 Å². The number of rotatable bonds is 6. The van der Waals surface area contributed by atoms with Crippen LogP contribution in [0.15, 0.2) is 36.7 Å². The van der Waals surface area contributed by atoms with Crippen LogP contribution in [0.3, 0.4) is 0 Å². The lowest BCUT2D eigenvalue weighted by Gasteiger charge is -2.06. The Hall–Kier alpha value is -2.94. The van der Waals surface area contributed by atoms with Crippen molar-refractivity contribution in [3.05, 3.63) is 53.6 Å². The second-order valence-electron chi connectivity index (χ2n) is 5.52. The summed E-state index contributed by atoms with van der Waals surface area (Å²) in [5, 5.41) is 19.7. The van der Waals surface area contributed by atoms with Gasteiger partial charge in [0, 0.05) is 25.1 Å². The van der Waals surface area contributed by atoms with Crippen LogP contribution >= 0.6 is 0 Å². The monoisotopic (exact) mass is 307 g/mol. The van der Waals surface area contributed by atoms with Crippen molar-refractivity contribution >= 4 is 12.0 Å². The molecule has 0 unspecified atom stereocenters. The lowest BCUT2D eigenvalue weighted by Crippen LogP contribution is -2.25. The van der Waals surface area contributed by atoms with Gasteiger partial charge in [-0.15, -0.1) is 10.2 Å². The number of amides is 1. The number of hydrogen-bond donors (Lipinski definition) is 1. The number of carbonyl (C=O) groups excluding carboxylic acids is 1. The number of carbonyl (C=O) groups is 1. The van der Waals surface area contributed by atoms with E-state index >= 15 is 0 Å². The maximum Gasteiger partial charge on any atom is 0.244 e. The first-order valence-electron chi connectivity index (χ1n) is 7.60. The highest BCUT2D eigenvalue weighted by molar-refractivity contribution is 5.91. The van der Waals surface area contributed by atoms with Gasteiger partial charge in [0.2, 0.25) is 5.91 Å². The second-order valence-corrected chi connectivity index (χ2v) is 5.52. The van der Waals surface area contributed by atoms with Crippen LogP contribution in [0.5, 0.6) is 0 Å². The van der Waals surface area contributed by atoms with Gasteiger partial charge in [0.25, 0.3) is 0 Å². The zero-order valence-corrected chi connectivity index (χ0v) is 12.6. The molecule has 23 heavy (non-hydrogen) atoms. The fraction of sp³-hybridized carbons (Fsp3) is 0.294. The molecule has 0 atom stereocenters. The molecule has 2 aromatic rings. The van der Waals surface area contributed by atoms with Crippen molar-refractivity contribution < 1.29 is 4.79 Å². The normalized spacial score (nSPS) is 13.9. The summed E-state index contributed by atoms with van der Waals surface area (Å²) in [5.74, 6) is 1.40. The van der Waals surface area contributed by atoms with Crippen LogP contribution in [0.25, 0.3) is 6.08 Å². The van der Waals surface area contributed by atoms with Gasteiger partial charge < -0.3 is 9.88 Å². The van der Waals surface area contributed by atoms with Crippen molar-refractivity contribution in [2.45, 2.75) is 25.3 Å². The van der Waals surface area contributed by atoms with Crippen molar-refractivity contribution in [3.63, 3.8) is 0 Å². The van der Waals surface area contributed by atoms with E-state index in [1.54, 1.807) is 30.6 Å². The maximum absolute atomic E-state index is 11.8. The predicted molar refractivity (Wildman–Crippen MR) is 85.2 cm³/mol. The molecule has 1 amide bonds. The maximum atomic E-state index is 11.8. The largest absolute Gasteiger partial charge is 0.351 e. The van der Waals surface area contributed by atoms with Crippen LogP contribution in [0.4, 0.5) is 0 Å². The smallest absolute Gasteiger partial charge is 0.244 e. The van der Waals surface area contributed by atoms with Gasteiger partial charge in [0.15, 0.2) is 0 Å². The average molecular weight is 307 g/mol. The molecule has 0 saturated heterocycles. The number of aromatic nitrogens is 3. The average Bonchev–Trinajstić information content (AvgIpc) is 3.32. The molecule has 116 valence electrons. The number of nitriles is 1. The fourth-order valence-electron chi connectivity index (χ4n) is 2.34. The fourth-order valence-corrected chi connectivity index (χ4v) is 2.34. The molecule has 1 aliphatic rings. The van der Waals surface area contributed by atoms with Gasteiger partial charge in [-0.2, -0.15) is 5.26 Å². The second kappa shape index (κ2) is 6.88. The van der Waals surface area contributed by atoms with E-state index in [4.69, 9.17) is 5.26 Å². The zero-order chi connectivity index (χ0) is 16.1. The third-order valence-corrected chi connectivity index (χ3v) is 3.68. The first-order chi connectivity index (χ1) is 11.3. The number of nitrogens with zero attached hydrogens (tertiary/aromatic N) is 4. The van der Waals surface area contributed by atoms with Gasteiger partial charge in [-0.3, -0.25) is 4.79 Å². The molecule has 0 bridgehead atoms. The van der Waals surface area contributed by atoms with Crippen molar-refractivity contribution in [3.8, 4) is 6.07 Å². The molecule has 0 radical (unpaired) electrons. The van der Waals surface area contributed by atoms with E-state index in [0.717, 1.165) is 11.4 Å². The van der Waals surface area contributed by atoms with E-state index in [1.165, 1.54) is 18.9 Å². The Labute approximate surface area is 134 Å². The van der Waals surface area contributed by atoms with E-state index in [0.29, 0.717) is 24.6 Å². The van der Waals surface area contributed by atoms with E-state index < -0.39 is 0 Å². The molecule has 0 spiro atoms. The number of hydrogen-bond acceptors (Lipinski definition) is 4. The summed E-state index contributed by atoms with van der Waals surface area (Å²) >= 11 is 0. The molecule has 1 aliphatic carbocycles. The van der Waals surface area contributed by atoms with Crippen molar-refractivity contribution in [2.75, 3.05) is 6.54 Å². The van der Waals surface area contributed by atoms with Gasteiger partial charge >= 0.3 is 0 Å². The van der Waals surface area contributed by atoms with E-state index in [1.807, 2.05) is 10.6 Å². The summed E-state index contributed by atoms with van der Waals surface area (Å²) in [6, 6.07) is 9.19. The van der Waals surface area contributed by atoms with E-state index in [9.17, 15) is 4.79 Å². The van der Waals surface area contributed by atoms with Gasteiger partial charge in [0.05, 0.1) is 11.6 Å². The first-order valence-corrected chi connectivity index (χ1v) is 7.60. The number of benzene rings is 1. The third-order valence-electron chi connectivity index (χ3n) is 3.68. The molecular weight excluding hydrogens is 290 g/mol. The minimum Gasteiger partial charge on any atom is -0.351 e. The summed E-state index contributed by atoms with van der Waals surface area (Å²) in [4.78, 5) is 11.8. The molecule has 1 saturated carbocycles. The summed E-state index contributed by atoms with van der Waals surface area (Å²) < 4.78 is 2.00. The standard InChI is InChI=1S/C17H17N5O/c18-11-14-3-1-2-13(10-14)4-7-16(23)19-8-9-22-12-20-21-17(22)15-5-6-15/h1-4,7,10,12,15H,5-6,8-9H2,(H,19,23)/b7-4+. The molecule has 1 aromatic carbocycles. The lowest BCUT2D eigenvalue weighted by atomic mass is 10.1. The topological polar surface area (TPSA) is 83.6 Å². The summed E-state index contributed by atoms with van der Waals surface area (Å²) in [6.07, 6.45) is 7.24. The molecule has 6 nitrogen and oxygen atoms in total. The Morgan fingerprint density at radius 1 is 1.48 bits per heavy atom. The van der Waals surface area contributed by atoms with Crippen molar-refractivity contribution in [1.29, 1.82) is 5.26 Å². The Balaban J connectivity index is 1.48. The first kappa shape index (κ1) is 15.0. The molecule has 1 heterocycles. The quantitative estimate of drug-likeness (QED) is 0.826. The Bertz CT molecular complexity index is 767. The lowest BCUT2D eigenvalue weighted by molar-refractivity contribution is -0.116. The molecule has 0 aliphatic heterocycles. The van der Waals surface area contributed by atoms with Crippen LogP contribution in [0.1, 0.15) is 35.7 Å². The van der Waals surface area contributed by atoms with E-state index in [2.05, 4.69) is 21.6 Å². The molecule has 6 heteroatoms. The SMILES string of the molecule is N#Cc1cccc(/C=C/C(=O)NCCn2cnnc2C2CC2)c1. The van der Waals surface area contributed by atoms with Gasteiger partial charge in [-0.25, -0.2) is 0 Å². The van der Waals surface area contributed by atoms with Crippen molar-refractivity contribution in [2.24, 2.45) is 0 Å². The summed E-state index contributed by atoms with van der Waals surface area (Å²) in [7, 11) is 0. The Morgan fingerprint density at radius 2 is 2.35 bits per heavy atom. The molecule has 1 aromatic heterocycles. The summed E-state index contributed by atoms with van der Waals surface area (Å²) in [5.41, 5.74) is 1.40. The van der Waals surface area contributed by atoms with Crippen LogP contribution < -0.4 is 5.32 Å².